The third kappa shape index (κ3) is 5.60. The predicted molar refractivity (Wildman–Crippen MR) is 97.6 cm³/mol. The van der Waals surface area contributed by atoms with Crippen LogP contribution in [0, 0.1) is 5.92 Å². The summed E-state index contributed by atoms with van der Waals surface area (Å²) in [6, 6.07) is 4.31. The van der Waals surface area contributed by atoms with Crippen LogP contribution in [0.2, 0.25) is 0 Å². The van der Waals surface area contributed by atoms with Crippen LogP contribution in [0.3, 0.4) is 0 Å². The molecule has 2 amide bonds. The number of nitrogens with zero attached hydrogens (tertiary/aromatic N) is 1. The van der Waals surface area contributed by atoms with Crippen molar-refractivity contribution in [2.45, 2.75) is 12.8 Å². The summed E-state index contributed by atoms with van der Waals surface area (Å²) in [5.41, 5.74) is 0.721. The summed E-state index contributed by atoms with van der Waals surface area (Å²) in [5.74, 6) is 0.289. The average Bonchev–Trinajstić information content (AvgIpc) is 2.67. The summed E-state index contributed by atoms with van der Waals surface area (Å²) >= 11 is 0. The summed E-state index contributed by atoms with van der Waals surface area (Å²) < 4.78 is 9.90. The number of methoxy groups -OCH3 is 2. The summed E-state index contributed by atoms with van der Waals surface area (Å²) in [6.45, 7) is 3.26. The van der Waals surface area contributed by atoms with Gasteiger partial charge in [-0.25, -0.2) is 9.59 Å². The van der Waals surface area contributed by atoms with Crippen LogP contribution in [0.5, 0.6) is 5.75 Å². The van der Waals surface area contributed by atoms with E-state index < -0.39 is 5.97 Å². The first kappa shape index (κ1) is 20.0. The summed E-state index contributed by atoms with van der Waals surface area (Å²) in [7, 11) is 2.79. The third-order valence-corrected chi connectivity index (χ3v) is 4.44. The Morgan fingerprint density at radius 1 is 1.35 bits per heavy atom. The highest BCUT2D eigenvalue weighted by atomic mass is 16.5. The van der Waals surface area contributed by atoms with E-state index in [2.05, 4.69) is 20.3 Å². The highest BCUT2D eigenvalue weighted by molar-refractivity contribution is 5.95. The molecule has 144 valence electrons. The molecule has 2 rings (SSSR count). The molecule has 0 bridgehead atoms. The van der Waals surface area contributed by atoms with Crippen LogP contribution in [0.25, 0.3) is 0 Å². The Balaban J connectivity index is 1.86. The summed E-state index contributed by atoms with van der Waals surface area (Å²) in [4.78, 5) is 26.0. The van der Waals surface area contributed by atoms with Gasteiger partial charge in [-0.1, -0.05) is 0 Å². The summed E-state index contributed by atoms with van der Waals surface area (Å²) in [5, 5.41) is 14.8. The zero-order valence-corrected chi connectivity index (χ0v) is 15.3. The Kier molecular flexibility index (Phi) is 7.68. The monoisotopic (exact) mass is 365 g/mol. The molecule has 0 aliphatic carbocycles. The molecule has 8 heteroatoms. The lowest BCUT2D eigenvalue weighted by molar-refractivity contribution is 0.0600. The first-order chi connectivity index (χ1) is 12.6. The quantitative estimate of drug-likeness (QED) is 0.630. The number of hydrogen-bond donors (Lipinski definition) is 3. The van der Waals surface area contributed by atoms with Crippen LogP contribution < -0.4 is 15.4 Å². The lowest BCUT2D eigenvalue weighted by Gasteiger charge is -2.31. The minimum absolute atomic E-state index is 0.209. The van der Waals surface area contributed by atoms with Gasteiger partial charge < -0.3 is 30.1 Å². The van der Waals surface area contributed by atoms with Gasteiger partial charge in [0, 0.05) is 26.2 Å². The van der Waals surface area contributed by atoms with E-state index in [-0.39, 0.29) is 12.6 Å². The number of aliphatic hydroxyl groups excluding tert-OH is 1. The van der Waals surface area contributed by atoms with Crippen molar-refractivity contribution in [2.24, 2.45) is 5.92 Å². The van der Waals surface area contributed by atoms with E-state index in [1.807, 2.05) is 0 Å². The van der Waals surface area contributed by atoms with Crippen molar-refractivity contribution in [1.29, 1.82) is 0 Å². The maximum Gasteiger partial charge on any atom is 0.337 e. The molecule has 1 atom stereocenters. The number of likely N-dealkylation sites (tertiary alicyclic amines) is 1. The number of carbonyl (C=O) groups is 2. The number of ether oxygens (including phenoxy) is 2. The lowest BCUT2D eigenvalue weighted by Crippen LogP contribution is -2.42. The zero-order valence-electron chi connectivity index (χ0n) is 15.3. The van der Waals surface area contributed by atoms with Gasteiger partial charge in [-0.3, -0.25) is 0 Å². The van der Waals surface area contributed by atoms with Crippen molar-refractivity contribution < 1.29 is 24.2 Å². The maximum absolute atomic E-state index is 12.1. The van der Waals surface area contributed by atoms with Gasteiger partial charge in [-0.05, 0) is 43.5 Å². The van der Waals surface area contributed by atoms with Crippen LogP contribution in [0.1, 0.15) is 23.2 Å². The Bertz CT molecular complexity index is 623. The fraction of sp³-hybridized carbons (Fsp3) is 0.556. The largest absolute Gasteiger partial charge is 0.495 e. The Morgan fingerprint density at radius 2 is 2.15 bits per heavy atom. The Morgan fingerprint density at radius 3 is 2.85 bits per heavy atom. The van der Waals surface area contributed by atoms with E-state index in [1.54, 1.807) is 12.1 Å². The first-order valence-corrected chi connectivity index (χ1v) is 8.71. The number of amides is 2. The molecule has 1 saturated heterocycles. The lowest BCUT2D eigenvalue weighted by atomic mass is 9.99. The number of hydrogen-bond acceptors (Lipinski definition) is 6. The molecule has 0 spiro atoms. The number of nitrogens with one attached hydrogen (secondary N) is 2. The van der Waals surface area contributed by atoms with Crippen molar-refractivity contribution in [3.8, 4) is 5.75 Å². The molecule has 1 fully saturated rings. The molecule has 1 aliphatic heterocycles. The number of benzene rings is 1. The molecule has 1 heterocycles. The van der Waals surface area contributed by atoms with Crippen molar-refractivity contribution in [3.63, 3.8) is 0 Å². The van der Waals surface area contributed by atoms with Gasteiger partial charge in [0.05, 0.1) is 25.5 Å². The molecular weight excluding hydrogens is 338 g/mol. The van der Waals surface area contributed by atoms with Gasteiger partial charge in [-0.15, -0.1) is 0 Å². The predicted octanol–water partition coefficient (Wildman–Crippen LogP) is 1.31. The molecule has 8 nitrogen and oxygen atoms in total. The second-order valence-corrected chi connectivity index (χ2v) is 6.28. The fourth-order valence-corrected chi connectivity index (χ4v) is 3.05. The van der Waals surface area contributed by atoms with E-state index in [4.69, 9.17) is 4.74 Å². The smallest absolute Gasteiger partial charge is 0.337 e. The topological polar surface area (TPSA) is 100 Å². The molecule has 1 aromatic rings. The van der Waals surface area contributed by atoms with E-state index >= 15 is 0 Å². The molecule has 1 aliphatic rings. The number of aliphatic hydroxyl groups is 1. The van der Waals surface area contributed by atoms with Crippen LogP contribution in [-0.2, 0) is 4.74 Å². The van der Waals surface area contributed by atoms with Crippen molar-refractivity contribution in [3.05, 3.63) is 23.8 Å². The van der Waals surface area contributed by atoms with Gasteiger partial charge in [0.15, 0.2) is 0 Å². The minimum atomic E-state index is -0.486. The number of esters is 1. The van der Waals surface area contributed by atoms with Gasteiger partial charge in [0.2, 0.25) is 0 Å². The number of rotatable bonds is 7. The molecular formula is C18H27N3O5. The molecule has 1 aromatic carbocycles. The van der Waals surface area contributed by atoms with Gasteiger partial charge in [0.25, 0.3) is 0 Å². The van der Waals surface area contributed by atoms with E-state index in [9.17, 15) is 14.7 Å². The highest BCUT2D eigenvalue weighted by Gasteiger charge is 2.19. The molecule has 3 N–H and O–H groups in total. The fourth-order valence-electron chi connectivity index (χ4n) is 3.05. The third-order valence-electron chi connectivity index (χ3n) is 4.44. The number of piperidine rings is 1. The second-order valence-electron chi connectivity index (χ2n) is 6.28. The number of anilines is 1. The van der Waals surface area contributed by atoms with Crippen molar-refractivity contribution in [1.82, 2.24) is 10.2 Å². The number of urea groups is 1. The van der Waals surface area contributed by atoms with Gasteiger partial charge >= 0.3 is 12.0 Å². The van der Waals surface area contributed by atoms with Crippen LogP contribution in [0.4, 0.5) is 10.5 Å². The molecule has 0 saturated carbocycles. The van der Waals surface area contributed by atoms with Crippen molar-refractivity contribution in [2.75, 3.05) is 52.3 Å². The Hall–Kier alpha value is -2.32. The van der Waals surface area contributed by atoms with E-state index in [0.717, 1.165) is 32.5 Å². The maximum atomic E-state index is 12.1. The summed E-state index contributed by atoms with van der Waals surface area (Å²) in [6.07, 6.45) is 2.12. The van der Waals surface area contributed by atoms with Gasteiger partial charge in [-0.2, -0.15) is 0 Å². The number of carbonyl (C=O) groups excluding carboxylic acids is 2. The zero-order chi connectivity index (χ0) is 18.9. The van der Waals surface area contributed by atoms with Crippen LogP contribution in [0.15, 0.2) is 18.2 Å². The van der Waals surface area contributed by atoms with E-state index in [1.165, 1.54) is 20.3 Å². The molecule has 0 radical (unpaired) electrons. The SMILES string of the molecule is COC(=O)c1ccc(OC)c(NC(=O)NCCN2CCC[C@H](CO)C2)c1. The van der Waals surface area contributed by atoms with Crippen LogP contribution in [-0.4, -0.2) is 69.0 Å². The molecule has 26 heavy (non-hydrogen) atoms. The highest BCUT2D eigenvalue weighted by Crippen LogP contribution is 2.25. The van der Waals surface area contributed by atoms with Crippen molar-refractivity contribution >= 4 is 17.7 Å². The van der Waals surface area contributed by atoms with E-state index in [0.29, 0.717) is 29.5 Å². The molecule has 0 unspecified atom stereocenters. The molecule has 0 aromatic heterocycles. The van der Waals surface area contributed by atoms with Gasteiger partial charge in [0.1, 0.15) is 5.75 Å². The van der Waals surface area contributed by atoms with Crippen LogP contribution >= 0.6 is 0 Å². The average molecular weight is 365 g/mol. The second kappa shape index (κ2) is 9.98. The minimum Gasteiger partial charge on any atom is -0.495 e. The normalized spacial score (nSPS) is 17.4. The standard InChI is InChI=1S/C18H27N3O5/c1-25-16-6-5-14(17(23)26-2)10-15(16)20-18(24)19-7-9-21-8-3-4-13(11-21)12-22/h5-6,10,13,22H,3-4,7-9,11-12H2,1-2H3,(H2,19,20,24)/t13-/m0/s1. The first-order valence-electron chi connectivity index (χ1n) is 8.71. The Labute approximate surface area is 153 Å².